The van der Waals surface area contributed by atoms with Gasteiger partial charge in [-0.15, -0.1) is 0 Å². The zero-order chi connectivity index (χ0) is 17.5. The molecule has 0 bridgehead atoms. The Labute approximate surface area is 155 Å². The first-order chi connectivity index (χ1) is 12.2. The van der Waals surface area contributed by atoms with Crippen molar-refractivity contribution >= 4 is 23.0 Å². The van der Waals surface area contributed by atoms with Crippen molar-refractivity contribution < 1.29 is 9.64 Å². The highest BCUT2D eigenvalue weighted by Gasteiger charge is 2.23. The monoisotopic (exact) mass is 356 g/mol. The highest BCUT2D eigenvalue weighted by atomic mass is 32.1. The van der Waals surface area contributed by atoms with Crippen molar-refractivity contribution in [1.29, 1.82) is 0 Å². The Bertz CT molecular complexity index is 692. The lowest BCUT2D eigenvalue weighted by Crippen LogP contribution is -3.13. The summed E-state index contributed by atoms with van der Waals surface area (Å²) in [6.07, 6.45) is 0.184. The van der Waals surface area contributed by atoms with Gasteiger partial charge in [-0.1, -0.05) is 48.5 Å². The summed E-state index contributed by atoms with van der Waals surface area (Å²) < 4.78 is 5.90. The van der Waals surface area contributed by atoms with Crippen LogP contribution in [0.1, 0.15) is 11.1 Å². The standard InChI is InChI=1S/C20H25N3OS/c1-16-7-5-6-10-19(16)22-20(25)21-13-18-15-23(11-12-24-18)14-17-8-3-2-4-9-17/h2-10,18H,11-15H2,1H3,(H2,21,22,25)/p+1/t18-/m0/s1. The lowest BCUT2D eigenvalue weighted by atomic mass is 10.2. The minimum Gasteiger partial charge on any atom is -0.365 e. The van der Waals surface area contributed by atoms with E-state index in [1.54, 1.807) is 4.90 Å². The Morgan fingerprint density at radius 2 is 1.92 bits per heavy atom. The van der Waals surface area contributed by atoms with Crippen LogP contribution in [0.25, 0.3) is 0 Å². The zero-order valence-electron chi connectivity index (χ0n) is 14.6. The molecule has 2 aromatic carbocycles. The highest BCUT2D eigenvalue weighted by molar-refractivity contribution is 7.80. The molecular weight excluding hydrogens is 330 g/mol. The van der Waals surface area contributed by atoms with Crippen LogP contribution in [0.3, 0.4) is 0 Å². The summed E-state index contributed by atoms with van der Waals surface area (Å²) in [6.45, 7) is 6.70. The van der Waals surface area contributed by atoms with E-state index in [1.807, 2.05) is 18.2 Å². The topological polar surface area (TPSA) is 37.7 Å². The summed E-state index contributed by atoms with van der Waals surface area (Å²) in [5, 5.41) is 7.20. The van der Waals surface area contributed by atoms with Crippen molar-refractivity contribution in [3.8, 4) is 0 Å². The summed E-state index contributed by atoms with van der Waals surface area (Å²) in [5.74, 6) is 0. The van der Waals surface area contributed by atoms with Crippen molar-refractivity contribution in [2.75, 3.05) is 31.6 Å². The lowest BCUT2D eigenvalue weighted by Gasteiger charge is -2.30. The molecule has 1 unspecified atom stereocenters. The third-order valence-corrected chi connectivity index (χ3v) is 4.75. The van der Waals surface area contributed by atoms with Crippen LogP contribution in [0, 0.1) is 6.92 Å². The number of thiocarbonyl (C=S) groups is 1. The number of morpholine rings is 1. The predicted octanol–water partition coefficient (Wildman–Crippen LogP) is 1.77. The second kappa shape index (κ2) is 8.94. The molecule has 1 aliphatic rings. The molecule has 0 spiro atoms. The van der Waals surface area contributed by atoms with Gasteiger partial charge in [-0.2, -0.15) is 0 Å². The van der Waals surface area contributed by atoms with Crippen LogP contribution in [-0.2, 0) is 11.3 Å². The summed E-state index contributed by atoms with van der Waals surface area (Å²) >= 11 is 5.41. The van der Waals surface area contributed by atoms with Crippen LogP contribution in [0.15, 0.2) is 54.6 Å². The molecule has 25 heavy (non-hydrogen) atoms. The van der Waals surface area contributed by atoms with Gasteiger partial charge in [-0.25, -0.2) is 0 Å². The quantitative estimate of drug-likeness (QED) is 0.714. The fourth-order valence-electron chi connectivity index (χ4n) is 3.12. The molecule has 1 heterocycles. The average Bonchev–Trinajstić information content (AvgIpc) is 2.63. The Morgan fingerprint density at radius 3 is 2.72 bits per heavy atom. The van der Waals surface area contributed by atoms with Crippen molar-refractivity contribution in [1.82, 2.24) is 5.32 Å². The van der Waals surface area contributed by atoms with Gasteiger partial charge < -0.3 is 20.3 Å². The van der Waals surface area contributed by atoms with E-state index < -0.39 is 0 Å². The SMILES string of the molecule is Cc1ccccc1NC(=S)NC[C@H]1C[NH+](Cc2ccccc2)CCO1. The highest BCUT2D eigenvalue weighted by Crippen LogP contribution is 2.12. The largest absolute Gasteiger partial charge is 0.365 e. The van der Waals surface area contributed by atoms with Crippen molar-refractivity contribution in [3.05, 3.63) is 65.7 Å². The zero-order valence-corrected chi connectivity index (χ0v) is 15.4. The van der Waals surface area contributed by atoms with E-state index in [0.29, 0.717) is 5.11 Å². The van der Waals surface area contributed by atoms with Gasteiger partial charge in [0.05, 0.1) is 6.61 Å². The first kappa shape index (κ1) is 17.9. The molecule has 3 N–H and O–H groups in total. The van der Waals surface area contributed by atoms with E-state index >= 15 is 0 Å². The summed E-state index contributed by atoms with van der Waals surface area (Å²) in [4.78, 5) is 1.56. The Kier molecular flexibility index (Phi) is 6.39. The maximum Gasteiger partial charge on any atom is 0.170 e. The first-order valence-electron chi connectivity index (χ1n) is 8.80. The van der Waals surface area contributed by atoms with E-state index in [0.717, 1.165) is 38.5 Å². The van der Waals surface area contributed by atoms with Gasteiger partial charge in [0.15, 0.2) is 5.11 Å². The maximum atomic E-state index is 5.90. The van der Waals surface area contributed by atoms with E-state index in [9.17, 15) is 0 Å². The first-order valence-corrected chi connectivity index (χ1v) is 9.21. The molecule has 3 rings (SSSR count). The summed E-state index contributed by atoms with van der Waals surface area (Å²) in [7, 11) is 0. The third kappa shape index (κ3) is 5.53. The van der Waals surface area contributed by atoms with Crippen molar-refractivity contribution in [3.63, 3.8) is 0 Å². The van der Waals surface area contributed by atoms with Gasteiger partial charge in [0.2, 0.25) is 0 Å². The normalized spacial score (nSPS) is 20.0. The number of benzene rings is 2. The van der Waals surface area contributed by atoms with Gasteiger partial charge in [0.1, 0.15) is 25.7 Å². The van der Waals surface area contributed by atoms with Gasteiger partial charge in [0.25, 0.3) is 0 Å². The van der Waals surface area contributed by atoms with Crippen LogP contribution in [0.4, 0.5) is 5.69 Å². The minimum atomic E-state index is 0.184. The molecular formula is C20H26N3OS+. The summed E-state index contributed by atoms with van der Waals surface area (Å²) in [5.41, 5.74) is 3.60. The number of anilines is 1. The number of quaternary nitrogens is 1. The van der Waals surface area contributed by atoms with E-state index in [1.165, 1.54) is 11.1 Å². The van der Waals surface area contributed by atoms with E-state index in [4.69, 9.17) is 17.0 Å². The van der Waals surface area contributed by atoms with Crippen LogP contribution >= 0.6 is 12.2 Å². The molecule has 0 saturated carbocycles. The van der Waals surface area contributed by atoms with Gasteiger partial charge in [-0.3, -0.25) is 0 Å². The number of hydrogen-bond donors (Lipinski definition) is 3. The Balaban J connectivity index is 1.45. The molecule has 1 aliphatic heterocycles. The van der Waals surface area contributed by atoms with Gasteiger partial charge in [0, 0.05) is 17.8 Å². The molecule has 1 saturated heterocycles. The van der Waals surface area contributed by atoms with Crippen LogP contribution in [0.5, 0.6) is 0 Å². The van der Waals surface area contributed by atoms with Crippen LogP contribution in [-0.4, -0.2) is 37.5 Å². The Morgan fingerprint density at radius 1 is 1.16 bits per heavy atom. The number of nitrogens with one attached hydrogen (secondary N) is 3. The molecule has 2 aromatic rings. The fourth-order valence-corrected chi connectivity index (χ4v) is 3.31. The molecule has 0 radical (unpaired) electrons. The molecule has 1 fully saturated rings. The number of rotatable bonds is 5. The van der Waals surface area contributed by atoms with Crippen LogP contribution in [0.2, 0.25) is 0 Å². The second-order valence-electron chi connectivity index (χ2n) is 6.51. The van der Waals surface area contributed by atoms with E-state index in [2.05, 4.69) is 54.0 Å². The van der Waals surface area contributed by atoms with Crippen LogP contribution < -0.4 is 15.5 Å². The van der Waals surface area contributed by atoms with Crippen molar-refractivity contribution in [2.45, 2.75) is 19.6 Å². The van der Waals surface area contributed by atoms with Crippen molar-refractivity contribution in [2.24, 2.45) is 0 Å². The number of para-hydroxylation sites is 1. The molecule has 0 aromatic heterocycles. The molecule has 5 heteroatoms. The minimum absolute atomic E-state index is 0.184. The molecule has 132 valence electrons. The molecule has 0 aliphatic carbocycles. The van der Waals surface area contributed by atoms with Gasteiger partial charge in [-0.05, 0) is 30.8 Å². The number of aryl methyl sites for hydroxylation is 1. The predicted molar refractivity (Wildman–Crippen MR) is 106 cm³/mol. The second-order valence-corrected chi connectivity index (χ2v) is 6.92. The summed E-state index contributed by atoms with van der Waals surface area (Å²) in [6, 6.07) is 18.8. The molecule has 4 nitrogen and oxygen atoms in total. The lowest BCUT2D eigenvalue weighted by molar-refractivity contribution is -0.925. The Hall–Kier alpha value is -1.95. The number of hydrogen-bond acceptors (Lipinski definition) is 2. The number of ether oxygens (including phenoxy) is 1. The molecule has 0 amide bonds. The molecule has 2 atom stereocenters. The van der Waals surface area contributed by atoms with E-state index in [-0.39, 0.29) is 6.10 Å². The fraction of sp³-hybridized carbons (Fsp3) is 0.350. The average molecular weight is 357 g/mol. The smallest absolute Gasteiger partial charge is 0.170 e. The third-order valence-electron chi connectivity index (χ3n) is 4.51. The van der Waals surface area contributed by atoms with Gasteiger partial charge >= 0.3 is 0 Å². The maximum absolute atomic E-state index is 5.90.